The summed E-state index contributed by atoms with van der Waals surface area (Å²) in [7, 11) is 1.78. The van der Waals surface area contributed by atoms with Gasteiger partial charge < -0.3 is 15.2 Å². The molecule has 0 bridgehead atoms. The Morgan fingerprint density at radius 2 is 2.21 bits per heavy atom. The molecule has 1 aliphatic rings. The highest BCUT2D eigenvalue weighted by Gasteiger charge is 2.47. The van der Waals surface area contributed by atoms with E-state index in [1.807, 2.05) is 6.92 Å². The summed E-state index contributed by atoms with van der Waals surface area (Å²) in [6, 6.07) is 0.534. The van der Waals surface area contributed by atoms with Crippen molar-refractivity contribution in [2.75, 3.05) is 13.7 Å². The Balaban J connectivity index is 2.22. The van der Waals surface area contributed by atoms with E-state index in [0.29, 0.717) is 12.1 Å². The van der Waals surface area contributed by atoms with Crippen LogP contribution in [0.4, 0.5) is 0 Å². The number of nitrogens with one attached hydrogen (secondary N) is 1. The van der Waals surface area contributed by atoms with Crippen LogP contribution in [-0.2, 0) is 4.74 Å². The smallest absolute Gasteiger partial charge is 0.0652 e. The van der Waals surface area contributed by atoms with E-state index in [0.717, 1.165) is 19.4 Å². The summed E-state index contributed by atoms with van der Waals surface area (Å²) >= 11 is 0. The molecular formula is C11H23NO2. The molecule has 0 saturated heterocycles. The van der Waals surface area contributed by atoms with Gasteiger partial charge >= 0.3 is 0 Å². The highest BCUT2D eigenvalue weighted by Crippen LogP contribution is 2.42. The van der Waals surface area contributed by atoms with E-state index in [4.69, 9.17) is 9.84 Å². The fourth-order valence-corrected chi connectivity index (χ4v) is 2.10. The Kier molecular flexibility index (Phi) is 3.93. The van der Waals surface area contributed by atoms with Crippen LogP contribution in [0.2, 0.25) is 0 Å². The van der Waals surface area contributed by atoms with Gasteiger partial charge in [-0.1, -0.05) is 13.8 Å². The van der Waals surface area contributed by atoms with Gasteiger partial charge in [0.1, 0.15) is 0 Å². The molecule has 3 atom stereocenters. The average Bonchev–Trinajstić information content (AvgIpc) is 2.09. The summed E-state index contributed by atoms with van der Waals surface area (Å²) in [6.07, 6.45) is 2.09. The topological polar surface area (TPSA) is 41.5 Å². The first-order valence-electron chi connectivity index (χ1n) is 5.42. The van der Waals surface area contributed by atoms with Gasteiger partial charge in [-0.25, -0.2) is 0 Å². The van der Waals surface area contributed by atoms with E-state index < -0.39 is 0 Å². The molecule has 84 valence electrons. The van der Waals surface area contributed by atoms with E-state index in [9.17, 15) is 0 Å². The molecule has 1 rings (SSSR count). The number of hydrogen-bond donors (Lipinski definition) is 2. The quantitative estimate of drug-likeness (QED) is 0.701. The fourth-order valence-electron chi connectivity index (χ4n) is 2.10. The maximum atomic E-state index is 9.12. The lowest BCUT2D eigenvalue weighted by Gasteiger charge is -2.51. The van der Waals surface area contributed by atoms with E-state index in [1.165, 1.54) is 0 Å². The van der Waals surface area contributed by atoms with Gasteiger partial charge in [0.15, 0.2) is 0 Å². The normalized spacial score (nSPS) is 32.4. The summed E-state index contributed by atoms with van der Waals surface area (Å²) in [5.41, 5.74) is 0.230. The van der Waals surface area contributed by atoms with Gasteiger partial charge in [0.25, 0.3) is 0 Å². The highest BCUT2D eigenvalue weighted by molar-refractivity contribution is 5.02. The van der Waals surface area contributed by atoms with Gasteiger partial charge in [0, 0.05) is 18.6 Å². The molecule has 0 aliphatic heterocycles. The number of ether oxygens (including phenoxy) is 1. The van der Waals surface area contributed by atoms with Crippen molar-refractivity contribution in [2.24, 2.45) is 5.41 Å². The van der Waals surface area contributed by atoms with Crippen LogP contribution < -0.4 is 5.32 Å². The van der Waals surface area contributed by atoms with Gasteiger partial charge in [-0.15, -0.1) is 0 Å². The van der Waals surface area contributed by atoms with Gasteiger partial charge in [-0.3, -0.25) is 0 Å². The van der Waals surface area contributed by atoms with E-state index >= 15 is 0 Å². The van der Waals surface area contributed by atoms with Crippen molar-refractivity contribution in [3.05, 3.63) is 0 Å². The number of hydrogen-bond acceptors (Lipinski definition) is 3. The standard InChI is InChI=1S/C11H23NO2/c1-8(13)5-6-12-9-7-10(14-4)11(9,2)3/h8-10,12-13H,5-7H2,1-4H3. The predicted octanol–water partition coefficient (Wildman–Crippen LogP) is 1.16. The van der Waals surface area contributed by atoms with E-state index in [2.05, 4.69) is 19.2 Å². The van der Waals surface area contributed by atoms with Crippen molar-refractivity contribution in [3.8, 4) is 0 Å². The maximum Gasteiger partial charge on any atom is 0.0652 e. The van der Waals surface area contributed by atoms with Crippen LogP contribution in [-0.4, -0.2) is 37.0 Å². The van der Waals surface area contributed by atoms with Crippen molar-refractivity contribution in [1.29, 1.82) is 0 Å². The second-order valence-electron chi connectivity index (χ2n) is 4.93. The largest absolute Gasteiger partial charge is 0.393 e. The van der Waals surface area contributed by atoms with Crippen LogP contribution >= 0.6 is 0 Å². The van der Waals surface area contributed by atoms with Crippen molar-refractivity contribution in [3.63, 3.8) is 0 Å². The van der Waals surface area contributed by atoms with Gasteiger partial charge in [0.05, 0.1) is 12.2 Å². The minimum absolute atomic E-state index is 0.205. The zero-order chi connectivity index (χ0) is 10.8. The van der Waals surface area contributed by atoms with Gasteiger partial charge in [-0.05, 0) is 26.3 Å². The van der Waals surface area contributed by atoms with Gasteiger partial charge in [0.2, 0.25) is 0 Å². The number of methoxy groups -OCH3 is 1. The monoisotopic (exact) mass is 201 g/mol. The Morgan fingerprint density at radius 1 is 1.57 bits per heavy atom. The third-order valence-electron chi connectivity index (χ3n) is 3.42. The average molecular weight is 201 g/mol. The zero-order valence-corrected chi connectivity index (χ0v) is 9.71. The lowest BCUT2D eigenvalue weighted by molar-refractivity contribution is -0.0976. The Labute approximate surface area is 86.8 Å². The van der Waals surface area contributed by atoms with Crippen molar-refractivity contribution >= 4 is 0 Å². The molecule has 0 aromatic rings. The molecule has 3 unspecified atom stereocenters. The van der Waals surface area contributed by atoms with Crippen LogP contribution in [0.15, 0.2) is 0 Å². The maximum absolute atomic E-state index is 9.12. The Bertz CT molecular complexity index is 180. The molecule has 2 N–H and O–H groups in total. The third kappa shape index (κ3) is 2.47. The molecule has 0 radical (unpaired) electrons. The molecule has 0 spiro atoms. The summed E-state index contributed by atoms with van der Waals surface area (Å²) in [6.45, 7) is 7.17. The molecular weight excluding hydrogens is 178 g/mol. The summed E-state index contributed by atoms with van der Waals surface area (Å²) in [4.78, 5) is 0. The molecule has 1 aliphatic carbocycles. The molecule has 3 heteroatoms. The molecule has 0 heterocycles. The summed E-state index contributed by atoms with van der Waals surface area (Å²) in [5.74, 6) is 0. The van der Waals surface area contributed by atoms with E-state index in [1.54, 1.807) is 7.11 Å². The lowest BCUT2D eigenvalue weighted by atomic mass is 9.64. The first kappa shape index (κ1) is 12.0. The molecule has 1 fully saturated rings. The SMILES string of the molecule is COC1CC(NCCC(C)O)C1(C)C. The van der Waals surface area contributed by atoms with Crippen LogP contribution in [0, 0.1) is 5.41 Å². The Hall–Kier alpha value is -0.120. The fraction of sp³-hybridized carbons (Fsp3) is 1.00. The second-order valence-corrected chi connectivity index (χ2v) is 4.93. The first-order chi connectivity index (χ1) is 6.48. The number of rotatable bonds is 5. The molecule has 14 heavy (non-hydrogen) atoms. The van der Waals surface area contributed by atoms with Crippen molar-refractivity contribution in [1.82, 2.24) is 5.32 Å². The zero-order valence-electron chi connectivity index (χ0n) is 9.71. The van der Waals surface area contributed by atoms with Crippen molar-refractivity contribution < 1.29 is 9.84 Å². The van der Waals surface area contributed by atoms with Gasteiger partial charge in [-0.2, -0.15) is 0 Å². The summed E-state index contributed by atoms with van der Waals surface area (Å²) in [5, 5.41) is 12.6. The lowest BCUT2D eigenvalue weighted by Crippen LogP contribution is -2.60. The minimum atomic E-state index is -0.205. The minimum Gasteiger partial charge on any atom is -0.393 e. The predicted molar refractivity (Wildman–Crippen MR) is 57.3 cm³/mol. The highest BCUT2D eigenvalue weighted by atomic mass is 16.5. The van der Waals surface area contributed by atoms with Crippen LogP contribution in [0.25, 0.3) is 0 Å². The number of aliphatic hydroxyl groups is 1. The molecule has 0 aromatic heterocycles. The van der Waals surface area contributed by atoms with Crippen LogP contribution in [0.1, 0.15) is 33.6 Å². The van der Waals surface area contributed by atoms with Crippen molar-refractivity contribution in [2.45, 2.75) is 51.9 Å². The Morgan fingerprint density at radius 3 is 2.64 bits per heavy atom. The van der Waals surface area contributed by atoms with Crippen LogP contribution in [0.3, 0.4) is 0 Å². The first-order valence-corrected chi connectivity index (χ1v) is 5.42. The van der Waals surface area contributed by atoms with Crippen LogP contribution in [0.5, 0.6) is 0 Å². The summed E-state index contributed by atoms with van der Waals surface area (Å²) < 4.78 is 5.37. The molecule has 0 aromatic carbocycles. The molecule has 0 amide bonds. The third-order valence-corrected chi connectivity index (χ3v) is 3.42. The van der Waals surface area contributed by atoms with E-state index in [-0.39, 0.29) is 11.5 Å². The number of aliphatic hydroxyl groups excluding tert-OH is 1. The molecule has 3 nitrogen and oxygen atoms in total. The molecule has 1 saturated carbocycles. The second kappa shape index (κ2) is 4.60.